The van der Waals surface area contributed by atoms with Crippen LogP contribution < -0.4 is 0 Å². The third kappa shape index (κ3) is 2.19. The second-order valence-corrected chi connectivity index (χ2v) is 5.16. The van der Waals surface area contributed by atoms with Crippen LogP contribution in [-0.4, -0.2) is 30.4 Å². The zero-order valence-corrected chi connectivity index (χ0v) is 10.7. The molecule has 1 aromatic carbocycles. The van der Waals surface area contributed by atoms with Crippen LogP contribution in [0.15, 0.2) is 30.3 Å². The number of carbonyl (C=O) groups is 3. The van der Waals surface area contributed by atoms with Gasteiger partial charge in [-0.3, -0.25) is 4.79 Å². The van der Waals surface area contributed by atoms with Crippen molar-refractivity contribution < 1.29 is 23.9 Å². The molecule has 0 radical (unpaired) electrons. The van der Waals surface area contributed by atoms with Gasteiger partial charge in [-0.15, -0.1) is 0 Å². The highest BCUT2D eigenvalue weighted by atomic mass is 16.6. The highest BCUT2D eigenvalue weighted by Crippen LogP contribution is 2.41. The van der Waals surface area contributed by atoms with Crippen LogP contribution in [0.5, 0.6) is 0 Å². The third-order valence-electron chi connectivity index (χ3n) is 3.98. The maximum atomic E-state index is 12.0. The Kier molecular flexibility index (Phi) is 3.26. The molecular weight excluding hydrogens is 260 g/mol. The summed E-state index contributed by atoms with van der Waals surface area (Å²) in [5.41, 5.74) is 0.450. The number of benzene rings is 1. The zero-order chi connectivity index (χ0) is 14.1. The second kappa shape index (κ2) is 5.07. The van der Waals surface area contributed by atoms with Gasteiger partial charge < -0.3 is 14.3 Å². The minimum absolute atomic E-state index is 0.159. The lowest BCUT2D eigenvalue weighted by Gasteiger charge is -2.17. The van der Waals surface area contributed by atoms with Gasteiger partial charge in [-0.1, -0.05) is 18.2 Å². The average molecular weight is 274 g/mol. The van der Waals surface area contributed by atoms with Gasteiger partial charge in [0.2, 0.25) is 0 Å². The number of fused-ring (bicyclic) bond motifs is 1. The van der Waals surface area contributed by atoms with Gasteiger partial charge in [-0.25, -0.2) is 4.79 Å². The molecule has 5 heteroatoms. The van der Waals surface area contributed by atoms with Crippen LogP contribution in [0.25, 0.3) is 0 Å². The maximum Gasteiger partial charge on any atom is 0.338 e. The number of rotatable bonds is 3. The third-order valence-corrected chi connectivity index (χ3v) is 3.98. The summed E-state index contributed by atoms with van der Waals surface area (Å²) in [6.07, 6.45) is 0.594. The van der Waals surface area contributed by atoms with Crippen LogP contribution >= 0.6 is 0 Å². The fourth-order valence-electron chi connectivity index (χ4n) is 2.99. The van der Waals surface area contributed by atoms with Crippen LogP contribution in [0, 0.1) is 11.8 Å². The van der Waals surface area contributed by atoms with Crippen LogP contribution in [0.4, 0.5) is 0 Å². The number of carbonyl (C=O) groups excluding carboxylic acids is 3. The van der Waals surface area contributed by atoms with E-state index in [2.05, 4.69) is 0 Å². The summed E-state index contributed by atoms with van der Waals surface area (Å²) in [6.45, 7) is 0. The lowest BCUT2D eigenvalue weighted by atomic mass is 9.93. The van der Waals surface area contributed by atoms with Gasteiger partial charge in [0.15, 0.2) is 0 Å². The van der Waals surface area contributed by atoms with Gasteiger partial charge in [0.1, 0.15) is 18.5 Å². The summed E-state index contributed by atoms with van der Waals surface area (Å²) >= 11 is 0. The van der Waals surface area contributed by atoms with Crippen LogP contribution in [0.1, 0.15) is 23.2 Å². The molecule has 1 aliphatic carbocycles. The molecule has 0 bridgehead atoms. The maximum absolute atomic E-state index is 12.0. The zero-order valence-electron chi connectivity index (χ0n) is 10.7. The van der Waals surface area contributed by atoms with Gasteiger partial charge in [0.25, 0.3) is 0 Å². The van der Waals surface area contributed by atoms with E-state index in [0.29, 0.717) is 12.0 Å². The first-order valence-corrected chi connectivity index (χ1v) is 6.60. The highest BCUT2D eigenvalue weighted by molar-refractivity contribution is 5.89. The Morgan fingerprint density at radius 2 is 2.05 bits per heavy atom. The molecule has 2 fully saturated rings. The first-order valence-electron chi connectivity index (χ1n) is 6.60. The molecule has 0 amide bonds. The molecule has 20 heavy (non-hydrogen) atoms. The summed E-state index contributed by atoms with van der Waals surface area (Å²) in [5.74, 6) is -1.35. The van der Waals surface area contributed by atoms with Crippen molar-refractivity contribution in [2.75, 3.05) is 0 Å². The summed E-state index contributed by atoms with van der Waals surface area (Å²) in [7, 11) is 0. The van der Waals surface area contributed by atoms with E-state index in [-0.39, 0.29) is 24.4 Å². The monoisotopic (exact) mass is 274 g/mol. The topological polar surface area (TPSA) is 69.7 Å². The van der Waals surface area contributed by atoms with E-state index in [0.717, 1.165) is 6.29 Å². The van der Waals surface area contributed by atoms with E-state index < -0.39 is 18.0 Å². The fraction of sp³-hybridized carbons (Fsp3) is 0.400. The molecule has 0 N–H and O–H groups in total. The Morgan fingerprint density at radius 1 is 1.30 bits per heavy atom. The van der Waals surface area contributed by atoms with Crippen molar-refractivity contribution in [1.29, 1.82) is 0 Å². The molecule has 3 rings (SSSR count). The molecule has 1 saturated heterocycles. The first kappa shape index (κ1) is 12.8. The van der Waals surface area contributed by atoms with Gasteiger partial charge in [0.05, 0.1) is 17.9 Å². The molecule has 1 heterocycles. The minimum atomic E-state index is -0.511. The number of hydrogen-bond acceptors (Lipinski definition) is 5. The number of hydrogen-bond donors (Lipinski definition) is 0. The normalized spacial score (nSPS) is 31.5. The van der Waals surface area contributed by atoms with Crippen LogP contribution in [0.2, 0.25) is 0 Å². The Bertz CT molecular complexity index is 538. The van der Waals surface area contributed by atoms with Crippen molar-refractivity contribution in [3.63, 3.8) is 0 Å². The summed E-state index contributed by atoms with van der Waals surface area (Å²) in [5, 5.41) is 0. The van der Waals surface area contributed by atoms with E-state index in [4.69, 9.17) is 9.47 Å². The van der Waals surface area contributed by atoms with Gasteiger partial charge in [-0.05, 0) is 12.1 Å². The SMILES string of the molecule is O=C[C@H]1C(OC(=O)c2ccccc2)CC2OC(=O)CC21. The largest absolute Gasteiger partial charge is 0.462 e. The van der Waals surface area contributed by atoms with Crippen molar-refractivity contribution in [1.82, 2.24) is 0 Å². The van der Waals surface area contributed by atoms with E-state index in [1.165, 1.54) is 0 Å². The van der Waals surface area contributed by atoms with E-state index in [1.807, 2.05) is 6.07 Å². The quantitative estimate of drug-likeness (QED) is 0.615. The smallest absolute Gasteiger partial charge is 0.338 e. The molecular formula is C15H14O5. The predicted octanol–water partition coefficient (Wildman–Crippen LogP) is 1.36. The minimum Gasteiger partial charge on any atom is -0.462 e. The summed E-state index contributed by atoms with van der Waals surface area (Å²) < 4.78 is 10.6. The standard InChI is InChI=1S/C15H14O5/c16-8-11-10-6-14(17)19-12(10)7-13(11)20-15(18)9-4-2-1-3-5-9/h1-5,8,10-13H,6-7H2/t10?,11-,12?,13?/m1/s1. The molecule has 1 aliphatic heterocycles. The van der Waals surface area contributed by atoms with Gasteiger partial charge in [0, 0.05) is 12.3 Å². The molecule has 4 atom stereocenters. The molecule has 1 saturated carbocycles. The van der Waals surface area contributed by atoms with E-state index in [9.17, 15) is 14.4 Å². The molecule has 5 nitrogen and oxygen atoms in total. The Morgan fingerprint density at radius 3 is 2.75 bits per heavy atom. The predicted molar refractivity (Wildman–Crippen MR) is 67.8 cm³/mol. The van der Waals surface area contributed by atoms with E-state index in [1.54, 1.807) is 24.3 Å². The Hall–Kier alpha value is -2.17. The second-order valence-electron chi connectivity index (χ2n) is 5.16. The first-order chi connectivity index (χ1) is 9.69. The molecule has 0 aromatic heterocycles. The molecule has 3 unspecified atom stereocenters. The Balaban J connectivity index is 1.71. The Labute approximate surface area is 115 Å². The van der Waals surface area contributed by atoms with Gasteiger partial charge >= 0.3 is 11.9 Å². The van der Waals surface area contributed by atoms with Crippen molar-refractivity contribution >= 4 is 18.2 Å². The number of esters is 2. The van der Waals surface area contributed by atoms with Crippen molar-refractivity contribution in [3.8, 4) is 0 Å². The van der Waals surface area contributed by atoms with Gasteiger partial charge in [-0.2, -0.15) is 0 Å². The van der Waals surface area contributed by atoms with E-state index >= 15 is 0 Å². The molecule has 1 aromatic rings. The molecule has 104 valence electrons. The summed E-state index contributed by atoms with van der Waals surface area (Å²) in [6, 6.07) is 8.63. The van der Waals surface area contributed by atoms with Crippen LogP contribution in [-0.2, 0) is 19.1 Å². The number of ether oxygens (including phenoxy) is 2. The lowest BCUT2D eigenvalue weighted by Crippen LogP contribution is -2.27. The molecule has 0 spiro atoms. The lowest BCUT2D eigenvalue weighted by molar-refractivity contribution is -0.141. The van der Waals surface area contributed by atoms with Crippen LogP contribution in [0.3, 0.4) is 0 Å². The molecule has 2 aliphatic rings. The fourth-order valence-corrected chi connectivity index (χ4v) is 2.99. The van der Waals surface area contributed by atoms with Crippen molar-refractivity contribution in [2.45, 2.75) is 25.0 Å². The summed E-state index contributed by atoms with van der Waals surface area (Å²) in [4.78, 5) is 34.4. The highest BCUT2D eigenvalue weighted by Gasteiger charge is 2.51. The van der Waals surface area contributed by atoms with Crippen molar-refractivity contribution in [2.24, 2.45) is 11.8 Å². The number of aldehydes is 1. The average Bonchev–Trinajstić information content (AvgIpc) is 2.95. The van der Waals surface area contributed by atoms with Crippen molar-refractivity contribution in [3.05, 3.63) is 35.9 Å².